The van der Waals surface area contributed by atoms with Gasteiger partial charge in [0.25, 0.3) is 0 Å². The van der Waals surface area contributed by atoms with Crippen LogP contribution in [0.4, 0.5) is 8.78 Å². The lowest BCUT2D eigenvalue weighted by Crippen LogP contribution is -2.54. The number of ether oxygens (including phenoxy) is 1. The number of nitrogens with zero attached hydrogens (tertiary/aromatic N) is 2. The minimum Gasteiger partial charge on any atom is -0.387 e. The van der Waals surface area contributed by atoms with E-state index in [0.717, 1.165) is 51.9 Å². The van der Waals surface area contributed by atoms with E-state index >= 15 is 0 Å². The number of benzene rings is 1. The molecule has 1 aliphatic rings. The van der Waals surface area contributed by atoms with Gasteiger partial charge in [-0.2, -0.15) is 0 Å². The molecule has 6 heteroatoms. The van der Waals surface area contributed by atoms with Crippen LogP contribution in [-0.2, 0) is 4.74 Å². The molecule has 1 saturated heterocycles. The second-order valence-electron chi connectivity index (χ2n) is 6.24. The Morgan fingerprint density at radius 1 is 1.29 bits per heavy atom. The third kappa shape index (κ3) is 5.21. The summed E-state index contributed by atoms with van der Waals surface area (Å²) in [7, 11) is 0. The number of rotatable bonds is 8. The highest BCUT2D eigenvalue weighted by Crippen LogP contribution is 2.21. The smallest absolute Gasteiger partial charge is 0.131 e. The molecule has 0 aliphatic carbocycles. The van der Waals surface area contributed by atoms with Gasteiger partial charge in [-0.1, -0.05) is 13.0 Å². The van der Waals surface area contributed by atoms with E-state index in [4.69, 9.17) is 4.74 Å². The molecule has 0 spiro atoms. The minimum absolute atomic E-state index is 0.156. The van der Waals surface area contributed by atoms with Crippen LogP contribution in [0, 0.1) is 11.6 Å². The van der Waals surface area contributed by atoms with E-state index in [1.165, 1.54) is 12.1 Å². The molecule has 1 fully saturated rings. The van der Waals surface area contributed by atoms with Crippen molar-refractivity contribution in [2.24, 2.45) is 0 Å². The number of halogens is 2. The molecule has 0 aromatic heterocycles. The van der Waals surface area contributed by atoms with Crippen LogP contribution in [0.1, 0.15) is 31.9 Å². The summed E-state index contributed by atoms with van der Waals surface area (Å²) in [6.07, 6.45) is 0.0713. The van der Waals surface area contributed by atoms with Crippen LogP contribution in [0.5, 0.6) is 0 Å². The molecule has 1 aliphatic heterocycles. The molecule has 4 nitrogen and oxygen atoms in total. The summed E-state index contributed by atoms with van der Waals surface area (Å²) in [6.45, 7) is 9.44. The van der Waals surface area contributed by atoms with Gasteiger partial charge in [0.15, 0.2) is 0 Å². The highest BCUT2D eigenvalue weighted by atomic mass is 19.1. The summed E-state index contributed by atoms with van der Waals surface area (Å²) >= 11 is 0. The van der Waals surface area contributed by atoms with Crippen molar-refractivity contribution in [1.82, 2.24) is 9.80 Å². The third-order valence-corrected chi connectivity index (χ3v) is 4.64. The molecule has 136 valence electrons. The fourth-order valence-corrected chi connectivity index (χ4v) is 3.25. The zero-order valence-corrected chi connectivity index (χ0v) is 14.5. The Kier molecular flexibility index (Phi) is 7.55. The van der Waals surface area contributed by atoms with Gasteiger partial charge in [0.1, 0.15) is 11.6 Å². The molecular formula is C18H28F2N2O2. The van der Waals surface area contributed by atoms with Gasteiger partial charge in [-0.3, -0.25) is 9.80 Å². The monoisotopic (exact) mass is 342 g/mol. The lowest BCUT2D eigenvalue weighted by atomic mass is 10.1. The molecule has 1 N–H and O–H groups in total. The average molecular weight is 342 g/mol. The summed E-state index contributed by atoms with van der Waals surface area (Å²) in [6, 6.07) is 3.73. The first-order valence-corrected chi connectivity index (χ1v) is 8.72. The summed E-state index contributed by atoms with van der Waals surface area (Å²) in [4.78, 5) is 4.57. The number of hydrogen-bond donors (Lipinski definition) is 1. The summed E-state index contributed by atoms with van der Waals surface area (Å²) in [5.74, 6) is -1.32. The molecule has 2 atom stereocenters. The fourth-order valence-electron chi connectivity index (χ4n) is 3.25. The lowest BCUT2D eigenvalue weighted by molar-refractivity contribution is 0.0207. The number of β-amino-alcohol motifs (C(OH)–C–C–N with tert-alkyl or cyclic N) is 1. The molecule has 1 aromatic carbocycles. The normalized spacial score (nSPS) is 21.1. The van der Waals surface area contributed by atoms with Crippen molar-refractivity contribution < 1.29 is 18.6 Å². The van der Waals surface area contributed by atoms with E-state index in [9.17, 15) is 13.9 Å². The lowest BCUT2D eigenvalue weighted by Gasteiger charge is -2.41. The molecule has 1 heterocycles. The van der Waals surface area contributed by atoms with Crippen LogP contribution in [0.15, 0.2) is 18.2 Å². The van der Waals surface area contributed by atoms with Gasteiger partial charge in [-0.15, -0.1) is 0 Å². The first kappa shape index (κ1) is 19.2. The Hall–Kier alpha value is -1.08. The van der Waals surface area contributed by atoms with Crippen molar-refractivity contribution in [2.45, 2.75) is 32.4 Å². The number of hydrogen-bond acceptors (Lipinski definition) is 4. The molecule has 0 radical (unpaired) electrons. The van der Waals surface area contributed by atoms with Gasteiger partial charge >= 0.3 is 0 Å². The van der Waals surface area contributed by atoms with Crippen molar-refractivity contribution in [2.75, 3.05) is 45.9 Å². The highest BCUT2D eigenvalue weighted by molar-refractivity contribution is 5.21. The molecule has 0 saturated carbocycles. The van der Waals surface area contributed by atoms with E-state index in [-0.39, 0.29) is 5.56 Å². The molecule has 2 rings (SSSR count). The molecule has 0 amide bonds. The standard InChI is InChI=1S/C18H28F2N2O2/c1-3-15-12-21(7-8-22(15)9-10-24-4-2)13-18(23)16-6-5-14(19)11-17(16)20/h5-6,11,15,18,23H,3-4,7-10,12-13H2,1-2H3/t15-,18+/m0/s1. The Morgan fingerprint density at radius 3 is 2.75 bits per heavy atom. The van der Waals surface area contributed by atoms with E-state index in [1.54, 1.807) is 0 Å². The molecular weight excluding hydrogens is 314 g/mol. The maximum absolute atomic E-state index is 13.8. The maximum Gasteiger partial charge on any atom is 0.131 e. The first-order valence-electron chi connectivity index (χ1n) is 8.72. The Labute approximate surface area is 143 Å². The molecule has 0 unspecified atom stereocenters. The highest BCUT2D eigenvalue weighted by Gasteiger charge is 2.27. The fraction of sp³-hybridized carbons (Fsp3) is 0.667. The second-order valence-corrected chi connectivity index (χ2v) is 6.24. The van der Waals surface area contributed by atoms with E-state index in [1.807, 2.05) is 6.92 Å². The number of aliphatic hydroxyl groups excluding tert-OH is 1. The van der Waals surface area contributed by atoms with Crippen molar-refractivity contribution in [1.29, 1.82) is 0 Å². The van der Waals surface area contributed by atoms with Gasteiger partial charge < -0.3 is 9.84 Å². The van der Waals surface area contributed by atoms with Gasteiger partial charge in [0.2, 0.25) is 0 Å². The Balaban J connectivity index is 1.89. The topological polar surface area (TPSA) is 35.9 Å². The van der Waals surface area contributed by atoms with Crippen LogP contribution < -0.4 is 0 Å². The molecule has 0 bridgehead atoms. The maximum atomic E-state index is 13.8. The van der Waals surface area contributed by atoms with Crippen LogP contribution in [0.3, 0.4) is 0 Å². The predicted molar refractivity (Wildman–Crippen MR) is 89.9 cm³/mol. The second kappa shape index (κ2) is 9.42. The largest absolute Gasteiger partial charge is 0.387 e. The van der Waals surface area contributed by atoms with Crippen molar-refractivity contribution >= 4 is 0 Å². The van der Waals surface area contributed by atoms with Crippen LogP contribution in [0.25, 0.3) is 0 Å². The number of aliphatic hydroxyl groups is 1. The van der Waals surface area contributed by atoms with Crippen molar-refractivity contribution in [3.8, 4) is 0 Å². The van der Waals surface area contributed by atoms with Gasteiger partial charge in [-0.05, 0) is 19.4 Å². The van der Waals surface area contributed by atoms with Crippen LogP contribution in [0.2, 0.25) is 0 Å². The number of piperazine rings is 1. The summed E-state index contributed by atoms with van der Waals surface area (Å²) in [5, 5.41) is 10.3. The van der Waals surface area contributed by atoms with Gasteiger partial charge in [0.05, 0.1) is 12.7 Å². The van der Waals surface area contributed by atoms with Crippen LogP contribution in [-0.4, -0.2) is 66.9 Å². The van der Waals surface area contributed by atoms with E-state index in [0.29, 0.717) is 12.6 Å². The zero-order valence-electron chi connectivity index (χ0n) is 14.5. The first-order chi connectivity index (χ1) is 11.5. The van der Waals surface area contributed by atoms with Gasteiger partial charge in [0, 0.05) is 57.0 Å². The SMILES string of the molecule is CCOCCN1CCN(C[C@@H](O)c2ccc(F)cc2F)C[C@@H]1CC. The quantitative estimate of drug-likeness (QED) is 0.736. The summed E-state index contributed by atoms with van der Waals surface area (Å²) in [5.41, 5.74) is 0.156. The van der Waals surface area contributed by atoms with Crippen molar-refractivity contribution in [3.63, 3.8) is 0 Å². The molecule has 24 heavy (non-hydrogen) atoms. The third-order valence-electron chi connectivity index (χ3n) is 4.64. The predicted octanol–water partition coefficient (Wildman–Crippen LogP) is 2.43. The van der Waals surface area contributed by atoms with Crippen molar-refractivity contribution in [3.05, 3.63) is 35.4 Å². The molecule has 1 aromatic rings. The van der Waals surface area contributed by atoms with Crippen LogP contribution >= 0.6 is 0 Å². The Morgan fingerprint density at radius 2 is 2.08 bits per heavy atom. The zero-order chi connectivity index (χ0) is 17.5. The average Bonchev–Trinajstić information content (AvgIpc) is 2.56. The van der Waals surface area contributed by atoms with Gasteiger partial charge in [-0.25, -0.2) is 8.78 Å². The Bertz CT molecular complexity index is 516. The van der Waals surface area contributed by atoms with E-state index in [2.05, 4.69) is 16.7 Å². The summed E-state index contributed by atoms with van der Waals surface area (Å²) < 4.78 is 32.2. The minimum atomic E-state index is -0.946. The van der Waals surface area contributed by atoms with E-state index < -0.39 is 17.7 Å².